The van der Waals surface area contributed by atoms with E-state index in [0.717, 1.165) is 11.3 Å². The minimum Gasteiger partial charge on any atom is -0.227 e. The van der Waals surface area contributed by atoms with Gasteiger partial charge in [-0.25, -0.2) is 14.4 Å². The summed E-state index contributed by atoms with van der Waals surface area (Å²) >= 11 is 5.71. The van der Waals surface area contributed by atoms with E-state index in [4.69, 9.17) is 11.6 Å². The molecule has 4 heteroatoms. The third kappa shape index (κ3) is 2.36. The second kappa shape index (κ2) is 4.58. The highest BCUT2D eigenvalue weighted by Crippen LogP contribution is 2.23. The molecule has 0 aliphatic rings. The largest absolute Gasteiger partial charge is 0.227 e. The van der Waals surface area contributed by atoms with Crippen LogP contribution in [0, 0.1) is 5.82 Å². The molecule has 0 radical (unpaired) electrons. The summed E-state index contributed by atoms with van der Waals surface area (Å²) in [6, 6.07) is 8.25. The van der Waals surface area contributed by atoms with E-state index in [1.165, 1.54) is 12.1 Å². The van der Waals surface area contributed by atoms with Crippen LogP contribution in [0.1, 0.15) is 24.1 Å². The molecule has 1 heterocycles. The summed E-state index contributed by atoms with van der Waals surface area (Å²) in [5.74, 6) is -0.249. The first-order valence-electron chi connectivity index (χ1n) is 4.91. The van der Waals surface area contributed by atoms with Gasteiger partial charge in [0, 0.05) is 12.1 Å². The average molecular weight is 237 g/mol. The van der Waals surface area contributed by atoms with Crippen molar-refractivity contribution in [1.82, 2.24) is 9.97 Å². The van der Waals surface area contributed by atoms with Crippen LogP contribution in [-0.4, -0.2) is 9.97 Å². The van der Waals surface area contributed by atoms with Crippen LogP contribution in [0.4, 0.5) is 4.39 Å². The SMILES string of the molecule is CC(c1cccc(F)c1)c1ccnc(Cl)n1. The molecule has 0 amide bonds. The van der Waals surface area contributed by atoms with Gasteiger partial charge in [-0.1, -0.05) is 19.1 Å². The zero-order valence-corrected chi connectivity index (χ0v) is 9.45. The number of halogens is 2. The molecule has 0 spiro atoms. The minimum absolute atomic E-state index is 0.00352. The Hall–Kier alpha value is -1.48. The van der Waals surface area contributed by atoms with Crippen molar-refractivity contribution in [2.24, 2.45) is 0 Å². The number of hydrogen-bond acceptors (Lipinski definition) is 2. The van der Waals surface area contributed by atoms with Crippen molar-refractivity contribution in [2.75, 3.05) is 0 Å². The van der Waals surface area contributed by atoms with Crippen molar-refractivity contribution in [3.05, 3.63) is 58.9 Å². The number of nitrogens with zero attached hydrogens (tertiary/aromatic N) is 2. The lowest BCUT2D eigenvalue weighted by molar-refractivity contribution is 0.624. The summed E-state index contributed by atoms with van der Waals surface area (Å²) < 4.78 is 13.1. The Morgan fingerprint density at radius 3 is 2.81 bits per heavy atom. The summed E-state index contributed by atoms with van der Waals surface area (Å²) in [5, 5.41) is 0.209. The molecule has 0 aliphatic carbocycles. The molecule has 2 aromatic rings. The fourth-order valence-electron chi connectivity index (χ4n) is 1.54. The number of aromatic nitrogens is 2. The third-order valence-corrected chi connectivity index (χ3v) is 2.62. The first-order chi connectivity index (χ1) is 7.66. The normalized spacial score (nSPS) is 12.4. The summed E-state index contributed by atoms with van der Waals surface area (Å²) in [7, 11) is 0. The van der Waals surface area contributed by atoms with Crippen LogP contribution < -0.4 is 0 Å². The Morgan fingerprint density at radius 1 is 1.31 bits per heavy atom. The predicted molar refractivity (Wildman–Crippen MR) is 61.0 cm³/mol. The Labute approximate surface area is 98.1 Å². The number of benzene rings is 1. The van der Waals surface area contributed by atoms with Crippen LogP contribution in [0.25, 0.3) is 0 Å². The van der Waals surface area contributed by atoms with Gasteiger partial charge in [0.2, 0.25) is 5.28 Å². The van der Waals surface area contributed by atoms with Gasteiger partial charge in [-0.3, -0.25) is 0 Å². The molecule has 2 rings (SSSR count). The van der Waals surface area contributed by atoms with Gasteiger partial charge in [0.05, 0.1) is 5.69 Å². The van der Waals surface area contributed by atoms with Gasteiger partial charge in [0.15, 0.2) is 0 Å². The van der Waals surface area contributed by atoms with Gasteiger partial charge in [-0.2, -0.15) is 0 Å². The lowest BCUT2D eigenvalue weighted by Gasteiger charge is -2.11. The quantitative estimate of drug-likeness (QED) is 0.747. The molecule has 0 saturated heterocycles. The molecule has 1 atom stereocenters. The molecular formula is C12H10ClFN2. The van der Waals surface area contributed by atoms with E-state index in [1.54, 1.807) is 18.3 Å². The van der Waals surface area contributed by atoms with E-state index in [0.29, 0.717) is 0 Å². The highest BCUT2D eigenvalue weighted by Gasteiger charge is 2.10. The van der Waals surface area contributed by atoms with Crippen LogP contribution in [0.2, 0.25) is 5.28 Å². The second-order valence-corrected chi connectivity index (χ2v) is 3.87. The average Bonchev–Trinajstić information content (AvgIpc) is 2.28. The topological polar surface area (TPSA) is 25.8 Å². The van der Waals surface area contributed by atoms with E-state index in [2.05, 4.69) is 9.97 Å². The summed E-state index contributed by atoms with van der Waals surface area (Å²) in [5.41, 5.74) is 1.65. The van der Waals surface area contributed by atoms with E-state index in [9.17, 15) is 4.39 Å². The minimum atomic E-state index is -0.246. The van der Waals surface area contributed by atoms with E-state index in [-0.39, 0.29) is 17.0 Å². The number of hydrogen-bond donors (Lipinski definition) is 0. The number of rotatable bonds is 2. The maximum absolute atomic E-state index is 13.1. The highest BCUT2D eigenvalue weighted by molar-refractivity contribution is 6.28. The zero-order chi connectivity index (χ0) is 11.5. The molecule has 0 aliphatic heterocycles. The van der Waals surface area contributed by atoms with Crippen LogP contribution in [-0.2, 0) is 0 Å². The van der Waals surface area contributed by atoms with Crippen LogP contribution in [0.15, 0.2) is 36.5 Å². The molecule has 0 bridgehead atoms. The van der Waals surface area contributed by atoms with Crippen molar-refractivity contribution < 1.29 is 4.39 Å². The molecule has 82 valence electrons. The lowest BCUT2D eigenvalue weighted by Crippen LogP contribution is -2.00. The van der Waals surface area contributed by atoms with Gasteiger partial charge in [-0.05, 0) is 35.4 Å². The summed E-state index contributed by atoms with van der Waals surface area (Å²) in [6.45, 7) is 1.95. The standard InChI is InChI=1S/C12H10ClFN2/c1-8(9-3-2-4-10(14)7-9)11-5-6-15-12(13)16-11/h2-8H,1H3. The van der Waals surface area contributed by atoms with Crippen molar-refractivity contribution >= 4 is 11.6 Å². The molecule has 2 nitrogen and oxygen atoms in total. The molecule has 1 unspecified atom stereocenters. The fourth-order valence-corrected chi connectivity index (χ4v) is 1.69. The second-order valence-electron chi connectivity index (χ2n) is 3.53. The smallest absolute Gasteiger partial charge is 0.222 e. The highest BCUT2D eigenvalue weighted by atomic mass is 35.5. The first kappa shape index (κ1) is 11.0. The van der Waals surface area contributed by atoms with Crippen molar-refractivity contribution in [3.63, 3.8) is 0 Å². The Bertz CT molecular complexity index is 456. The predicted octanol–water partition coefficient (Wildman–Crippen LogP) is 3.42. The maximum Gasteiger partial charge on any atom is 0.222 e. The van der Waals surface area contributed by atoms with Crippen LogP contribution >= 0.6 is 11.6 Å². The lowest BCUT2D eigenvalue weighted by atomic mass is 9.98. The maximum atomic E-state index is 13.1. The van der Waals surface area contributed by atoms with Gasteiger partial charge in [-0.15, -0.1) is 0 Å². The fraction of sp³-hybridized carbons (Fsp3) is 0.167. The van der Waals surface area contributed by atoms with Crippen LogP contribution in [0.5, 0.6) is 0 Å². The van der Waals surface area contributed by atoms with Crippen molar-refractivity contribution in [3.8, 4) is 0 Å². The molecule has 0 saturated carbocycles. The first-order valence-corrected chi connectivity index (χ1v) is 5.28. The van der Waals surface area contributed by atoms with Gasteiger partial charge in [0.25, 0.3) is 0 Å². The Balaban J connectivity index is 2.35. The Kier molecular flexibility index (Phi) is 3.15. The van der Waals surface area contributed by atoms with Gasteiger partial charge >= 0.3 is 0 Å². The van der Waals surface area contributed by atoms with Gasteiger partial charge < -0.3 is 0 Å². The Morgan fingerprint density at radius 2 is 2.12 bits per heavy atom. The van der Waals surface area contributed by atoms with E-state index in [1.807, 2.05) is 13.0 Å². The van der Waals surface area contributed by atoms with E-state index >= 15 is 0 Å². The summed E-state index contributed by atoms with van der Waals surface area (Å²) in [6.07, 6.45) is 1.60. The third-order valence-electron chi connectivity index (χ3n) is 2.44. The summed E-state index contributed by atoms with van der Waals surface area (Å²) in [4.78, 5) is 7.92. The van der Waals surface area contributed by atoms with E-state index < -0.39 is 0 Å². The molecule has 0 fully saturated rings. The van der Waals surface area contributed by atoms with Crippen LogP contribution in [0.3, 0.4) is 0 Å². The zero-order valence-electron chi connectivity index (χ0n) is 8.69. The molecule has 1 aromatic heterocycles. The molecule has 1 aromatic carbocycles. The molecule has 0 N–H and O–H groups in total. The molecular weight excluding hydrogens is 227 g/mol. The molecule has 16 heavy (non-hydrogen) atoms. The van der Waals surface area contributed by atoms with Crippen molar-refractivity contribution in [1.29, 1.82) is 0 Å². The van der Waals surface area contributed by atoms with Gasteiger partial charge in [0.1, 0.15) is 5.82 Å². The van der Waals surface area contributed by atoms with Crippen molar-refractivity contribution in [2.45, 2.75) is 12.8 Å². The monoisotopic (exact) mass is 236 g/mol.